The van der Waals surface area contributed by atoms with E-state index >= 15 is 0 Å². The standard InChI is InChI=1S/C14H21N3S/c1-3-5-7-11(6-4-2)17-13-12-8-9-18-14(12)16-10-15-13/h8-11H,3-7H2,1-2H3,(H,15,16,17). The van der Waals surface area contributed by atoms with Crippen LogP contribution in [0.3, 0.4) is 0 Å². The van der Waals surface area contributed by atoms with E-state index in [1.165, 1.54) is 32.1 Å². The normalized spacial score (nSPS) is 12.8. The first-order chi connectivity index (χ1) is 8.85. The fourth-order valence-electron chi connectivity index (χ4n) is 2.19. The lowest BCUT2D eigenvalue weighted by atomic mass is 10.1. The van der Waals surface area contributed by atoms with Crippen molar-refractivity contribution in [2.45, 2.75) is 52.0 Å². The summed E-state index contributed by atoms with van der Waals surface area (Å²) < 4.78 is 0. The van der Waals surface area contributed by atoms with Crippen LogP contribution in [0.2, 0.25) is 0 Å². The highest BCUT2D eigenvalue weighted by molar-refractivity contribution is 7.16. The van der Waals surface area contributed by atoms with E-state index in [1.54, 1.807) is 17.7 Å². The van der Waals surface area contributed by atoms with Crippen LogP contribution in [-0.2, 0) is 0 Å². The summed E-state index contributed by atoms with van der Waals surface area (Å²) in [6.07, 6.45) is 7.81. The summed E-state index contributed by atoms with van der Waals surface area (Å²) >= 11 is 1.67. The molecule has 0 amide bonds. The van der Waals surface area contributed by atoms with Gasteiger partial charge in [-0.05, 0) is 24.3 Å². The molecule has 1 unspecified atom stereocenters. The zero-order chi connectivity index (χ0) is 12.8. The maximum Gasteiger partial charge on any atom is 0.138 e. The first-order valence-corrected chi connectivity index (χ1v) is 7.67. The highest BCUT2D eigenvalue weighted by Crippen LogP contribution is 2.25. The Balaban J connectivity index is 2.12. The molecule has 0 fully saturated rings. The second-order valence-corrected chi connectivity index (χ2v) is 5.53. The van der Waals surface area contributed by atoms with Crippen LogP contribution in [0.1, 0.15) is 46.0 Å². The van der Waals surface area contributed by atoms with Gasteiger partial charge in [0.15, 0.2) is 0 Å². The third kappa shape index (κ3) is 3.19. The number of fused-ring (bicyclic) bond motifs is 1. The summed E-state index contributed by atoms with van der Waals surface area (Å²) in [7, 11) is 0. The molecule has 0 saturated heterocycles. The van der Waals surface area contributed by atoms with E-state index in [0.29, 0.717) is 6.04 Å². The molecule has 98 valence electrons. The molecule has 1 N–H and O–H groups in total. The zero-order valence-electron chi connectivity index (χ0n) is 11.1. The van der Waals surface area contributed by atoms with Gasteiger partial charge in [0.25, 0.3) is 0 Å². The van der Waals surface area contributed by atoms with Crippen molar-refractivity contribution in [2.75, 3.05) is 5.32 Å². The molecule has 4 heteroatoms. The van der Waals surface area contributed by atoms with E-state index in [0.717, 1.165) is 16.0 Å². The number of nitrogens with zero attached hydrogens (tertiary/aromatic N) is 2. The third-order valence-electron chi connectivity index (χ3n) is 3.15. The Morgan fingerprint density at radius 2 is 2.11 bits per heavy atom. The molecule has 2 aromatic rings. The number of unbranched alkanes of at least 4 members (excludes halogenated alkanes) is 1. The van der Waals surface area contributed by atoms with Crippen LogP contribution in [0.4, 0.5) is 5.82 Å². The van der Waals surface area contributed by atoms with Gasteiger partial charge < -0.3 is 5.32 Å². The van der Waals surface area contributed by atoms with Crippen molar-refractivity contribution < 1.29 is 0 Å². The topological polar surface area (TPSA) is 37.8 Å². The molecule has 0 aliphatic carbocycles. The number of aromatic nitrogens is 2. The zero-order valence-corrected chi connectivity index (χ0v) is 12.0. The van der Waals surface area contributed by atoms with Gasteiger partial charge in [-0.15, -0.1) is 11.3 Å². The molecular weight excluding hydrogens is 242 g/mol. The quantitative estimate of drug-likeness (QED) is 0.801. The van der Waals surface area contributed by atoms with Gasteiger partial charge in [-0.25, -0.2) is 9.97 Å². The first kappa shape index (κ1) is 13.3. The van der Waals surface area contributed by atoms with Crippen LogP contribution in [0, 0.1) is 0 Å². The lowest BCUT2D eigenvalue weighted by Gasteiger charge is -2.18. The minimum absolute atomic E-state index is 0.535. The van der Waals surface area contributed by atoms with Crippen LogP contribution < -0.4 is 5.32 Å². The van der Waals surface area contributed by atoms with Crippen LogP contribution in [0.5, 0.6) is 0 Å². The molecule has 0 aromatic carbocycles. The number of nitrogens with one attached hydrogen (secondary N) is 1. The maximum absolute atomic E-state index is 4.39. The van der Waals surface area contributed by atoms with Crippen molar-refractivity contribution >= 4 is 27.4 Å². The largest absolute Gasteiger partial charge is 0.367 e. The summed E-state index contributed by atoms with van der Waals surface area (Å²) in [6, 6.07) is 2.64. The average molecular weight is 263 g/mol. The Morgan fingerprint density at radius 1 is 1.22 bits per heavy atom. The summed E-state index contributed by atoms with van der Waals surface area (Å²) in [5.41, 5.74) is 0. The van der Waals surface area contributed by atoms with Crippen LogP contribution in [-0.4, -0.2) is 16.0 Å². The van der Waals surface area contributed by atoms with Gasteiger partial charge in [0, 0.05) is 6.04 Å². The van der Waals surface area contributed by atoms with E-state index < -0.39 is 0 Å². The van der Waals surface area contributed by atoms with Gasteiger partial charge in [0.1, 0.15) is 17.0 Å². The molecule has 2 aromatic heterocycles. The Bertz CT molecular complexity index is 481. The fraction of sp³-hybridized carbons (Fsp3) is 0.571. The van der Waals surface area contributed by atoms with Gasteiger partial charge in [0.2, 0.25) is 0 Å². The predicted molar refractivity (Wildman–Crippen MR) is 79.3 cm³/mol. The average Bonchev–Trinajstić information content (AvgIpc) is 2.85. The minimum atomic E-state index is 0.535. The molecule has 18 heavy (non-hydrogen) atoms. The Morgan fingerprint density at radius 3 is 2.89 bits per heavy atom. The highest BCUT2D eigenvalue weighted by Gasteiger charge is 2.10. The third-order valence-corrected chi connectivity index (χ3v) is 3.97. The smallest absolute Gasteiger partial charge is 0.138 e. The van der Waals surface area contributed by atoms with Gasteiger partial charge in [-0.1, -0.05) is 33.1 Å². The molecule has 3 nitrogen and oxygen atoms in total. The van der Waals surface area contributed by atoms with Crippen molar-refractivity contribution in [1.82, 2.24) is 9.97 Å². The van der Waals surface area contributed by atoms with E-state index in [4.69, 9.17) is 0 Å². The summed E-state index contributed by atoms with van der Waals surface area (Å²) in [6.45, 7) is 4.48. The molecule has 0 spiro atoms. The lowest BCUT2D eigenvalue weighted by Crippen LogP contribution is -2.20. The van der Waals surface area contributed by atoms with Crippen molar-refractivity contribution in [3.05, 3.63) is 17.8 Å². The molecule has 2 rings (SSSR count). The lowest BCUT2D eigenvalue weighted by molar-refractivity contribution is 0.563. The molecule has 1 atom stereocenters. The van der Waals surface area contributed by atoms with Crippen LogP contribution >= 0.6 is 11.3 Å². The molecule has 0 bridgehead atoms. The second-order valence-electron chi connectivity index (χ2n) is 4.63. The molecule has 0 radical (unpaired) electrons. The number of hydrogen-bond donors (Lipinski definition) is 1. The van der Waals surface area contributed by atoms with Crippen LogP contribution in [0.25, 0.3) is 10.2 Å². The predicted octanol–water partition coefficient (Wildman–Crippen LogP) is 4.46. The fourth-order valence-corrected chi connectivity index (χ4v) is 2.92. The maximum atomic E-state index is 4.39. The van der Waals surface area contributed by atoms with E-state index in [2.05, 4.69) is 40.6 Å². The van der Waals surface area contributed by atoms with Gasteiger partial charge >= 0.3 is 0 Å². The van der Waals surface area contributed by atoms with Crippen molar-refractivity contribution in [3.63, 3.8) is 0 Å². The Hall–Kier alpha value is -1.16. The SMILES string of the molecule is CCCCC(CCC)Nc1ncnc2sccc12. The van der Waals surface area contributed by atoms with Crippen molar-refractivity contribution in [2.24, 2.45) is 0 Å². The molecule has 2 heterocycles. The van der Waals surface area contributed by atoms with E-state index in [-0.39, 0.29) is 0 Å². The summed E-state index contributed by atoms with van der Waals surface area (Å²) in [5.74, 6) is 0.996. The van der Waals surface area contributed by atoms with Gasteiger partial charge in [-0.3, -0.25) is 0 Å². The van der Waals surface area contributed by atoms with Gasteiger partial charge in [-0.2, -0.15) is 0 Å². The van der Waals surface area contributed by atoms with E-state index in [1.807, 2.05) is 0 Å². The first-order valence-electron chi connectivity index (χ1n) is 6.79. The molecule has 0 saturated carbocycles. The Labute approximate surface area is 113 Å². The number of hydrogen-bond acceptors (Lipinski definition) is 4. The second kappa shape index (κ2) is 6.69. The van der Waals surface area contributed by atoms with Crippen molar-refractivity contribution in [1.29, 1.82) is 0 Å². The molecule has 0 aliphatic heterocycles. The number of rotatable bonds is 7. The summed E-state index contributed by atoms with van der Waals surface area (Å²) in [5, 5.41) is 6.83. The number of thiophene rings is 1. The molecule has 0 aliphatic rings. The minimum Gasteiger partial charge on any atom is -0.367 e. The Kier molecular flexibility index (Phi) is 4.93. The number of anilines is 1. The summed E-state index contributed by atoms with van der Waals surface area (Å²) in [4.78, 5) is 9.75. The highest BCUT2D eigenvalue weighted by atomic mass is 32.1. The van der Waals surface area contributed by atoms with Crippen molar-refractivity contribution in [3.8, 4) is 0 Å². The van der Waals surface area contributed by atoms with E-state index in [9.17, 15) is 0 Å². The molecular formula is C14H21N3S. The monoisotopic (exact) mass is 263 g/mol. The van der Waals surface area contributed by atoms with Crippen LogP contribution in [0.15, 0.2) is 17.8 Å². The van der Waals surface area contributed by atoms with Gasteiger partial charge in [0.05, 0.1) is 5.39 Å².